The number of aryl methyl sites for hydroxylation is 1. The average molecular weight is 480 g/mol. The summed E-state index contributed by atoms with van der Waals surface area (Å²) in [5, 5.41) is 0. The summed E-state index contributed by atoms with van der Waals surface area (Å²) in [5.74, 6) is -0.145. The molecule has 1 saturated heterocycles. The number of carbonyl (C=O) groups excluding carboxylic acids is 1. The molecule has 1 heterocycles. The highest BCUT2D eigenvalue weighted by molar-refractivity contribution is 7.89. The fraction of sp³-hybridized carbons (Fsp3) is 0.409. The molecule has 0 bridgehead atoms. The van der Waals surface area contributed by atoms with Crippen LogP contribution in [0.25, 0.3) is 0 Å². The van der Waals surface area contributed by atoms with Gasteiger partial charge >= 0.3 is 0 Å². The van der Waals surface area contributed by atoms with E-state index in [1.165, 1.54) is 32.9 Å². The smallest absolute Gasteiger partial charge is 0.253 e. The van der Waals surface area contributed by atoms with Gasteiger partial charge in [0.25, 0.3) is 5.91 Å². The van der Waals surface area contributed by atoms with Crippen molar-refractivity contribution < 1.29 is 21.6 Å². The second-order valence-electron chi connectivity index (χ2n) is 7.62. The Morgan fingerprint density at radius 2 is 1.12 bits per heavy atom. The van der Waals surface area contributed by atoms with Gasteiger partial charge in [-0.25, -0.2) is 16.8 Å². The molecule has 174 valence electrons. The Morgan fingerprint density at radius 1 is 0.750 bits per heavy atom. The quantitative estimate of drug-likeness (QED) is 0.607. The van der Waals surface area contributed by atoms with Crippen LogP contribution >= 0.6 is 0 Å². The van der Waals surface area contributed by atoms with Crippen LogP contribution in [0.3, 0.4) is 0 Å². The topological polar surface area (TPSA) is 95.1 Å². The summed E-state index contributed by atoms with van der Waals surface area (Å²) in [6, 6.07) is 12.5. The first-order valence-corrected chi connectivity index (χ1v) is 13.5. The number of nitrogens with zero attached hydrogens (tertiary/aromatic N) is 3. The largest absolute Gasteiger partial charge is 0.339 e. The predicted octanol–water partition coefficient (Wildman–Crippen LogP) is 2.17. The maximum Gasteiger partial charge on any atom is 0.253 e. The number of sulfonamides is 2. The van der Waals surface area contributed by atoms with E-state index >= 15 is 0 Å². The van der Waals surface area contributed by atoms with E-state index in [0.717, 1.165) is 5.56 Å². The van der Waals surface area contributed by atoms with Crippen LogP contribution in [0.2, 0.25) is 0 Å². The second kappa shape index (κ2) is 9.70. The molecule has 1 fully saturated rings. The third kappa shape index (κ3) is 4.88. The number of benzene rings is 2. The van der Waals surface area contributed by atoms with Gasteiger partial charge in [0, 0.05) is 44.8 Å². The predicted molar refractivity (Wildman–Crippen MR) is 122 cm³/mol. The highest BCUT2D eigenvalue weighted by atomic mass is 32.2. The summed E-state index contributed by atoms with van der Waals surface area (Å²) < 4.78 is 54.4. The molecule has 8 nitrogen and oxygen atoms in total. The average Bonchev–Trinajstić information content (AvgIpc) is 2.80. The van der Waals surface area contributed by atoms with Gasteiger partial charge in [0.15, 0.2) is 0 Å². The van der Waals surface area contributed by atoms with Crippen molar-refractivity contribution >= 4 is 26.0 Å². The van der Waals surface area contributed by atoms with E-state index < -0.39 is 20.0 Å². The molecule has 3 rings (SSSR count). The van der Waals surface area contributed by atoms with Gasteiger partial charge in [-0.15, -0.1) is 0 Å². The summed E-state index contributed by atoms with van der Waals surface area (Å²) in [4.78, 5) is 14.4. The molecule has 0 saturated carbocycles. The third-order valence-electron chi connectivity index (χ3n) is 5.65. The number of amides is 1. The van der Waals surface area contributed by atoms with Gasteiger partial charge < -0.3 is 4.90 Å². The summed E-state index contributed by atoms with van der Waals surface area (Å²) in [6.07, 6.45) is 0. The zero-order valence-corrected chi connectivity index (χ0v) is 20.2. The summed E-state index contributed by atoms with van der Waals surface area (Å²) in [7, 11) is -7.46. The van der Waals surface area contributed by atoms with Gasteiger partial charge in [-0.2, -0.15) is 8.61 Å². The van der Waals surface area contributed by atoms with Gasteiger partial charge in [0.05, 0.1) is 9.79 Å². The van der Waals surface area contributed by atoms with E-state index in [-0.39, 0.29) is 41.9 Å². The van der Waals surface area contributed by atoms with Crippen LogP contribution in [0.1, 0.15) is 29.8 Å². The summed E-state index contributed by atoms with van der Waals surface area (Å²) in [6.45, 7) is 7.09. The normalized spacial score (nSPS) is 16.1. The van der Waals surface area contributed by atoms with Crippen molar-refractivity contribution in [2.24, 2.45) is 0 Å². The number of carbonyl (C=O) groups is 1. The van der Waals surface area contributed by atoms with Gasteiger partial charge in [0.1, 0.15) is 0 Å². The zero-order chi connectivity index (χ0) is 23.5. The van der Waals surface area contributed by atoms with Crippen LogP contribution in [0.4, 0.5) is 0 Å². The first kappa shape index (κ1) is 24.4. The van der Waals surface area contributed by atoms with Crippen LogP contribution < -0.4 is 0 Å². The van der Waals surface area contributed by atoms with Crippen molar-refractivity contribution in [3.8, 4) is 0 Å². The minimum absolute atomic E-state index is 0.0630. The van der Waals surface area contributed by atoms with Crippen LogP contribution in [-0.2, 0) is 20.0 Å². The lowest BCUT2D eigenvalue weighted by Crippen LogP contribution is -2.50. The minimum atomic E-state index is -3.79. The van der Waals surface area contributed by atoms with Crippen LogP contribution in [-0.4, -0.2) is 75.5 Å². The number of piperazine rings is 1. The lowest BCUT2D eigenvalue weighted by molar-refractivity contribution is 0.0773. The molecule has 1 aliphatic heterocycles. The zero-order valence-electron chi connectivity index (χ0n) is 18.6. The molecule has 0 aliphatic carbocycles. The molecule has 2 aromatic carbocycles. The molecule has 32 heavy (non-hydrogen) atoms. The van der Waals surface area contributed by atoms with Crippen molar-refractivity contribution in [3.63, 3.8) is 0 Å². The number of rotatable bonds is 7. The molecule has 0 N–H and O–H groups in total. The first-order valence-electron chi connectivity index (χ1n) is 10.6. The van der Waals surface area contributed by atoms with Crippen molar-refractivity contribution in [2.75, 3.05) is 39.3 Å². The minimum Gasteiger partial charge on any atom is -0.339 e. The van der Waals surface area contributed by atoms with E-state index in [0.29, 0.717) is 18.7 Å². The fourth-order valence-corrected chi connectivity index (χ4v) is 6.47. The Morgan fingerprint density at radius 3 is 1.50 bits per heavy atom. The second-order valence-corrected chi connectivity index (χ2v) is 11.5. The molecule has 1 aliphatic rings. The fourth-order valence-electron chi connectivity index (χ4n) is 3.62. The number of hydrogen-bond donors (Lipinski definition) is 0. The third-order valence-corrected chi connectivity index (χ3v) is 9.47. The van der Waals surface area contributed by atoms with Crippen molar-refractivity contribution in [1.82, 2.24) is 13.5 Å². The number of hydrogen-bond acceptors (Lipinski definition) is 5. The molecule has 0 radical (unpaired) electrons. The molecule has 10 heteroatoms. The van der Waals surface area contributed by atoms with Crippen LogP contribution in [0.15, 0.2) is 58.3 Å². The molecule has 0 spiro atoms. The van der Waals surface area contributed by atoms with Crippen LogP contribution in [0, 0.1) is 6.92 Å². The lowest BCUT2D eigenvalue weighted by atomic mass is 10.2. The van der Waals surface area contributed by atoms with Gasteiger partial charge in [-0.05, 0) is 57.2 Å². The van der Waals surface area contributed by atoms with Gasteiger partial charge in [0.2, 0.25) is 20.0 Å². The van der Waals surface area contributed by atoms with E-state index in [9.17, 15) is 21.6 Å². The maximum atomic E-state index is 13.0. The Bertz CT molecular complexity index is 1150. The first-order chi connectivity index (χ1) is 15.1. The van der Waals surface area contributed by atoms with Gasteiger partial charge in [-0.1, -0.05) is 17.7 Å². The Hall–Kier alpha value is -2.27. The Balaban J connectivity index is 1.71. The van der Waals surface area contributed by atoms with Gasteiger partial charge in [-0.3, -0.25) is 4.79 Å². The molecule has 1 amide bonds. The lowest BCUT2D eigenvalue weighted by Gasteiger charge is -2.33. The van der Waals surface area contributed by atoms with E-state index in [1.807, 2.05) is 20.8 Å². The van der Waals surface area contributed by atoms with Crippen LogP contribution in [0.5, 0.6) is 0 Å². The molecule has 0 atom stereocenters. The van der Waals surface area contributed by atoms with E-state index in [4.69, 9.17) is 0 Å². The Labute approximate surface area is 190 Å². The SMILES string of the molecule is CCN(CC)C(=O)c1ccc(S(=O)(=O)N2CCN(S(=O)(=O)c3ccc(C)cc3)CC2)cc1. The molecular formula is C22H29N3O5S2. The van der Waals surface area contributed by atoms with Crippen molar-refractivity contribution in [3.05, 3.63) is 59.7 Å². The highest BCUT2D eigenvalue weighted by Gasteiger charge is 2.33. The van der Waals surface area contributed by atoms with E-state index in [1.54, 1.807) is 29.2 Å². The molecule has 2 aromatic rings. The highest BCUT2D eigenvalue weighted by Crippen LogP contribution is 2.22. The molecule has 0 aromatic heterocycles. The monoisotopic (exact) mass is 479 g/mol. The molecule has 0 unspecified atom stereocenters. The standard InChI is InChI=1S/C22H29N3O5S2/c1-4-23(5-2)22(26)19-8-12-21(13-9-19)32(29,30)25-16-14-24(15-17-25)31(27,28)20-10-6-18(3)7-11-20/h6-13H,4-5,14-17H2,1-3H3. The molecular weight excluding hydrogens is 450 g/mol. The Kier molecular flexibility index (Phi) is 7.39. The summed E-state index contributed by atoms with van der Waals surface area (Å²) >= 11 is 0. The summed E-state index contributed by atoms with van der Waals surface area (Å²) in [5.41, 5.74) is 1.39. The van der Waals surface area contributed by atoms with Crippen molar-refractivity contribution in [1.29, 1.82) is 0 Å². The van der Waals surface area contributed by atoms with Crippen molar-refractivity contribution in [2.45, 2.75) is 30.6 Å². The maximum absolute atomic E-state index is 13.0. The van der Waals surface area contributed by atoms with E-state index in [2.05, 4.69) is 0 Å².